The van der Waals surface area contributed by atoms with Crippen LogP contribution in [0.2, 0.25) is 0 Å². The third-order valence-electron chi connectivity index (χ3n) is 3.05. The van der Waals surface area contributed by atoms with Gasteiger partial charge in [-0.1, -0.05) is 26.0 Å². The molecule has 20 heavy (non-hydrogen) atoms. The molecule has 0 bridgehead atoms. The number of carbonyl (C=O) groups is 2. The summed E-state index contributed by atoms with van der Waals surface area (Å²) in [6.45, 7) is 7.45. The van der Waals surface area contributed by atoms with E-state index in [9.17, 15) is 9.59 Å². The number of allylic oxidation sites excluding steroid dienone is 1. The van der Waals surface area contributed by atoms with Gasteiger partial charge in [-0.2, -0.15) is 0 Å². The molecule has 1 rings (SSSR count). The minimum absolute atomic E-state index is 0.0429. The Morgan fingerprint density at radius 3 is 2.30 bits per heavy atom. The molecule has 1 aromatic rings. The van der Waals surface area contributed by atoms with E-state index in [1.54, 1.807) is 13.8 Å². The van der Waals surface area contributed by atoms with E-state index in [0.717, 1.165) is 17.7 Å². The summed E-state index contributed by atoms with van der Waals surface area (Å²) in [5.74, 6) is -0.160. The van der Waals surface area contributed by atoms with Gasteiger partial charge in [-0.3, -0.25) is 9.59 Å². The summed E-state index contributed by atoms with van der Waals surface area (Å²) in [6, 6.07) is 5.47. The highest BCUT2D eigenvalue weighted by molar-refractivity contribution is 6.04. The number of hydrogen-bond donors (Lipinski definition) is 2. The van der Waals surface area contributed by atoms with Crippen LogP contribution in [-0.4, -0.2) is 11.8 Å². The van der Waals surface area contributed by atoms with Crippen LogP contribution in [0.3, 0.4) is 0 Å². The summed E-state index contributed by atoms with van der Waals surface area (Å²) in [6.07, 6.45) is 3.13. The van der Waals surface area contributed by atoms with Crippen molar-refractivity contribution >= 4 is 23.2 Å². The number of benzene rings is 1. The predicted molar refractivity (Wildman–Crippen MR) is 82.8 cm³/mol. The zero-order valence-corrected chi connectivity index (χ0v) is 12.5. The maximum absolute atomic E-state index is 12.0. The van der Waals surface area contributed by atoms with Crippen molar-refractivity contribution in [2.45, 2.75) is 40.5 Å². The minimum atomic E-state index is -0.117. The van der Waals surface area contributed by atoms with E-state index in [1.165, 1.54) is 0 Å². The molecule has 0 saturated carbocycles. The first kappa shape index (κ1) is 16.0. The van der Waals surface area contributed by atoms with Gasteiger partial charge in [0.1, 0.15) is 0 Å². The second kappa shape index (κ2) is 7.48. The highest BCUT2D eigenvalue weighted by Crippen LogP contribution is 2.23. The van der Waals surface area contributed by atoms with Crippen molar-refractivity contribution in [1.82, 2.24) is 0 Å². The lowest BCUT2D eigenvalue weighted by Gasteiger charge is -2.13. The Morgan fingerprint density at radius 2 is 1.75 bits per heavy atom. The number of amides is 2. The molecule has 0 aliphatic carbocycles. The van der Waals surface area contributed by atoms with Crippen molar-refractivity contribution in [3.8, 4) is 0 Å². The molecule has 0 atom stereocenters. The van der Waals surface area contributed by atoms with E-state index in [-0.39, 0.29) is 11.8 Å². The Balaban J connectivity index is 2.92. The molecule has 108 valence electrons. The van der Waals surface area contributed by atoms with Crippen LogP contribution in [0.1, 0.15) is 39.2 Å². The van der Waals surface area contributed by atoms with Gasteiger partial charge in [-0.15, -0.1) is 0 Å². The first-order chi connectivity index (χ1) is 9.49. The Bertz CT molecular complexity index is 533. The highest BCUT2D eigenvalue weighted by atomic mass is 16.2. The van der Waals surface area contributed by atoms with Gasteiger partial charge in [0.25, 0.3) is 5.91 Å². The Labute approximate surface area is 120 Å². The maximum atomic E-state index is 12.0. The van der Waals surface area contributed by atoms with Gasteiger partial charge in [0, 0.05) is 23.4 Å². The molecule has 0 unspecified atom stereocenters. The fourth-order valence-electron chi connectivity index (χ4n) is 1.76. The number of nitrogens with one attached hydrogen (secondary N) is 2. The van der Waals surface area contributed by atoms with Crippen LogP contribution in [0.25, 0.3) is 0 Å². The normalized spacial score (nSPS) is 11.1. The van der Waals surface area contributed by atoms with Crippen molar-refractivity contribution in [3.05, 3.63) is 35.4 Å². The highest BCUT2D eigenvalue weighted by Gasteiger charge is 2.10. The van der Waals surface area contributed by atoms with Crippen molar-refractivity contribution in [3.63, 3.8) is 0 Å². The summed E-state index contributed by atoms with van der Waals surface area (Å²) >= 11 is 0. The summed E-state index contributed by atoms with van der Waals surface area (Å²) in [5.41, 5.74) is 2.99. The molecule has 0 aliphatic heterocycles. The monoisotopic (exact) mass is 274 g/mol. The summed E-state index contributed by atoms with van der Waals surface area (Å²) < 4.78 is 0. The molecule has 0 aliphatic rings. The summed E-state index contributed by atoms with van der Waals surface area (Å²) in [5, 5.41) is 5.69. The second-order valence-electron chi connectivity index (χ2n) is 4.63. The van der Waals surface area contributed by atoms with Crippen LogP contribution in [0.15, 0.2) is 29.8 Å². The molecule has 2 amide bonds. The van der Waals surface area contributed by atoms with Crippen LogP contribution >= 0.6 is 0 Å². The SMILES string of the molecule is CC/C=C(\C)C(=O)Nc1cccc(NC(=O)CC)c1C. The molecule has 1 aromatic carbocycles. The molecule has 0 heterocycles. The quantitative estimate of drug-likeness (QED) is 0.805. The zero-order valence-electron chi connectivity index (χ0n) is 12.5. The lowest BCUT2D eigenvalue weighted by atomic mass is 10.1. The van der Waals surface area contributed by atoms with Crippen molar-refractivity contribution in [2.75, 3.05) is 10.6 Å². The third kappa shape index (κ3) is 4.23. The van der Waals surface area contributed by atoms with Crippen LogP contribution in [0.5, 0.6) is 0 Å². The Morgan fingerprint density at radius 1 is 1.15 bits per heavy atom. The summed E-state index contributed by atoms with van der Waals surface area (Å²) in [4.78, 5) is 23.4. The average molecular weight is 274 g/mol. The van der Waals surface area contributed by atoms with E-state index >= 15 is 0 Å². The number of anilines is 2. The van der Waals surface area contributed by atoms with Gasteiger partial charge >= 0.3 is 0 Å². The van der Waals surface area contributed by atoms with Gasteiger partial charge in [-0.25, -0.2) is 0 Å². The molecule has 0 aromatic heterocycles. The molecule has 0 radical (unpaired) electrons. The van der Waals surface area contributed by atoms with Crippen molar-refractivity contribution in [1.29, 1.82) is 0 Å². The zero-order chi connectivity index (χ0) is 15.1. The Hall–Kier alpha value is -2.10. The molecular weight excluding hydrogens is 252 g/mol. The fraction of sp³-hybridized carbons (Fsp3) is 0.375. The first-order valence-corrected chi connectivity index (χ1v) is 6.87. The molecule has 2 N–H and O–H groups in total. The van der Waals surface area contributed by atoms with E-state index in [2.05, 4.69) is 10.6 Å². The molecule has 0 fully saturated rings. The van der Waals surface area contributed by atoms with Crippen LogP contribution in [-0.2, 0) is 9.59 Å². The predicted octanol–water partition coefficient (Wildman–Crippen LogP) is 3.64. The first-order valence-electron chi connectivity index (χ1n) is 6.87. The average Bonchev–Trinajstić information content (AvgIpc) is 2.43. The molecule has 0 saturated heterocycles. The molecule has 4 heteroatoms. The largest absolute Gasteiger partial charge is 0.326 e. The smallest absolute Gasteiger partial charge is 0.250 e. The number of hydrogen-bond acceptors (Lipinski definition) is 2. The van der Waals surface area contributed by atoms with Crippen LogP contribution in [0.4, 0.5) is 11.4 Å². The third-order valence-corrected chi connectivity index (χ3v) is 3.05. The molecule has 4 nitrogen and oxygen atoms in total. The lowest BCUT2D eigenvalue weighted by Crippen LogP contribution is -2.15. The van der Waals surface area contributed by atoms with Gasteiger partial charge in [0.2, 0.25) is 5.91 Å². The lowest BCUT2D eigenvalue weighted by molar-refractivity contribution is -0.116. The van der Waals surface area contributed by atoms with E-state index in [0.29, 0.717) is 17.7 Å². The van der Waals surface area contributed by atoms with Crippen molar-refractivity contribution in [2.24, 2.45) is 0 Å². The fourth-order valence-corrected chi connectivity index (χ4v) is 1.76. The van der Waals surface area contributed by atoms with E-state index in [1.807, 2.05) is 38.1 Å². The topological polar surface area (TPSA) is 58.2 Å². The summed E-state index contributed by atoms with van der Waals surface area (Å²) in [7, 11) is 0. The van der Waals surface area contributed by atoms with E-state index < -0.39 is 0 Å². The molecular formula is C16H22N2O2. The number of carbonyl (C=O) groups excluding carboxylic acids is 2. The van der Waals surface area contributed by atoms with Crippen molar-refractivity contribution < 1.29 is 9.59 Å². The van der Waals surface area contributed by atoms with E-state index in [4.69, 9.17) is 0 Å². The maximum Gasteiger partial charge on any atom is 0.250 e. The van der Waals surface area contributed by atoms with Gasteiger partial charge in [-0.05, 0) is 38.0 Å². The van der Waals surface area contributed by atoms with Crippen LogP contribution in [0, 0.1) is 6.92 Å². The van der Waals surface area contributed by atoms with Crippen LogP contribution < -0.4 is 10.6 Å². The van der Waals surface area contributed by atoms with Gasteiger partial charge in [0.15, 0.2) is 0 Å². The van der Waals surface area contributed by atoms with Gasteiger partial charge in [0.05, 0.1) is 0 Å². The Kier molecular flexibility index (Phi) is 5.97. The number of rotatable bonds is 5. The minimum Gasteiger partial charge on any atom is -0.326 e. The standard InChI is InChI=1S/C16H22N2O2/c1-5-8-11(3)16(20)18-14-10-7-9-13(12(14)4)17-15(19)6-2/h7-10H,5-6H2,1-4H3,(H,17,19)(H,18,20)/b11-8+. The van der Waals surface area contributed by atoms with Gasteiger partial charge < -0.3 is 10.6 Å². The second-order valence-corrected chi connectivity index (χ2v) is 4.63. The molecule has 0 spiro atoms.